The number of anilines is 6. The molecule has 5 heteroatoms. The quantitative estimate of drug-likeness (QED) is 0.151. The van der Waals surface area contributed by atoms with E-state index in [0.717, 1.165) is 67.5 Å². The van der Waals surface area contributed by atoms with Gasteiger partial charge in [-0.3, -0.25) is 0 Å². The van der Waals surface area contributed by atoms with Crippen LogP contribution in [-0.4, -0.2) is 0 Å². The van der Waals surface area contributed by atoms with Crippen molar-refractivity contribution in [3.05, 3.63) is 243 Å². The Morgan fingerprint density at radius 2 is 0.739 bits per heavy atom. The molecule has 0 spiro atoms. The number of thiophene rings is 2. The molecule has 13 aromatic rings. The third kappa shape index (κ3) is 6.39. The molecule has 324 valence electrons. The summed E-state index contributed by atoms with van der Waals surface area (Å²) in [7, 11) is 0. The van der Waals surface area contributed by atoms with Crippen molar-refractivity contribution < 1.29 is 4.74 Å². The number of hydrogen-bond acceptors (Lipinski definition) is 5. The molecule has 0 saturated heterocycles. The number of fused-ring (bicyclic) bond motifs is 8. The first-order chi connectivity index (χ1) is 34.2. The molecular formula is C64H40N2OS2. The highest BCUT2D eigenvalue weighted by Gasteiger charge is 2.28. The van der Waals surface area contributed by atoms with E-state index < -0.39 is 0 Å². The van der Waals surface area contributed by atoms with Crippen LogP contribution in [0.4, 0.5) is 34.1 Å². The van der Waals surface area contributed by atoms with Crippen molar-refractivity contribution in [3.63, 3.8) is 0 Å². The molecule has 2 aromatic heterocycles. The van der Waals surface area contributed by atoms with Crippen LogP contribution in [-0.2, 0) is 0 Å². The van der Waals surface area contributed by atoms with Gasteiger partial charge < -0.3 is 14.5 Å². The highest BCUT2D eigenvalue weighted by atomic mass is 32.1. The van der Waals surface area contributed by atoms with E-state index in [-0.39, 0.29) is 0 Å². The summed E-state index contributed by atoms with van der Waals surface area (Å²) in [5.41, 5.74) is 13.8. The minimum atomic E-state index is 0.834. The maximum Gasteiger partial charge on any atom is 0.137 e. The highest BCUT2D eigenvalue weighted by Crippen LogP contribution is 2.54. The van der Waals surface area contributed by atoms with Gasteiger partial charge in [0.25, 0.3) is 0 Å². The van der Waals surface area contributed by atoms with E-state index in [1.54, 1.807) is 0 Å². The van der Waals surface area contributed by atoms with Gasteiger partial charge in [-0.2, -0.15) is 0 Å². The Bertz CT molecular complexity index is 4110. The molecule has 0 fully saturated rings. The first-order valence-corrected chi connectivity index (χ1v) is 25.0. The lowest BCUT2D eigenvalue weighted by molar-refractivity contribution is 0.487. The molecule has 0 saturated carbocycles. The van der Waals surface area contributed by atoms with E-state index in [2.05, 4.69) is 252 Å². The monoisotopic (exact) mass is 916 g/mol. The van der Waals surface area contributed by atoms with E-state index in [1.807, 2.05) is 22.7 Å². The van der Waals surface area contributed by atoms with Gasteiger partial charge in [0.15, 0.2) is 0 Å². The van der Waals surface area contributed by atoms with Crippen LogP contribution >= 0.6 is 22.7 Å². The molecule has 0 radical (unpaired) electrons. The fourth-order valence-corrected chi connectivity index (χ4v) is 13.3. The summed E-state index contributed by atoms with van der Waals surface area (Å²) in [6.07, 6.45) is 0. The largest absolute Gasteiger partial charge is 0.456 e. The zero-order chi connectivity index (χ0) is 45.4. The zero-order valence-electron chi connectivity index (χ0n) is 37.2. The van der Waals surface area contributed by atoms with E-state index in [1.165, 1.54) is 62.6 Å². The zero-order valence-corrected chi connectivity index (χ0v) is 38.8. The number of para-hydroxylation sites is 2. The molecule has 0 aliphatic carbocycles. The van der Waals surface area contributed by atoms with Gasteiger partial charge in [0.2, 0.25) is 0 Å². The van der Waals surface area contributed by atoms with Crippen molar-refractivity contribution in [2.24, 2.45) is 0 Å². The van der Waals surface area contributed by atoms with Gasteiger partial charge in [-0.15, -0.1) is 22.7 Å². The summed E-state index contributed by atoms with van der Waals surface area (Å²) in [5.74, 6) is 1.68. The van der Waals surface area contributed by atoms with Crippen LogP contribution in [0.3, 0.4) is 0 Å². The molecule has 0 atom stereocenters. The average Bonchev–Trinajstić information content (AvgIpc) is 4.00. The van der Waals surface area contributed by atoms with Gasteiger partial charge in [0, 0.05) is 70.4 Å². The Hall–Kier alpha value is -8.48. The van der Waals surface area contributed by atoms with Crippen LogP contribution in [0.25, 0.3) is 84.5 Å². The van der Waals surface area contributed by atoms with E-state index in [0.29, 0.717) is 0 Å². The third-order valence-corrected chi connectivity index (χ3v) is 16.2. The van der Waals surface area contributed by atoms with E-state index in [4.69, 9.17) is 4.74 Å². The molecule has 3 nitrogen and oxygen atoms in total. The van der Waals surface area contributed by atoms with E-state index >= 15 is 0 Å². The Morgan fingerprint density at radius 3 is 1.32 bits per heavy atom. The molecule has 14 rings (SSSR count). The molecule has 1 aliphatic heterocycles. The summed E-state index contributed by atoms with van der Waals surface area (Å²) in [6, 6.07) is 87.7. The molecule has 11 aromatic carbocycles. The summed E-state index contributed by atoms with van der Waals surface area (Å²) < 4.78 is 12.2. The minimum Gasteiger partial charge on any atom is -0.456 e. The highest BCUT2D eigenvalue weighted by molar-refractivity contribution is 7.27. The van der Waals surface area contributed by atoms with Crippen molar-refractivity contribution in [2.75, 3.05) is 9.80 Å². The summed E-state index contributed by atoms with van der Waals surface area (Å²) in [5, 5.41) is 7.29. The predicted octanol–water partition coefficient (Wildman–Crippen LogP) is 19.6. The Balaban J connectivity index is 0.916. The van der Waals surface area contributed by atoms with Gasteiger partial charge in [-0.05, 0) is 88.5 Å². The lowest BCUT2D eigenvalue weighted by Gasteiger charge is -2.30. The summed E-state index contributed by atoms with van der Waals surface area (Å²) in [6.45, 7) is 0. The van der Waals surface area contributed by atoms with Crippen LogP contribution in [0.5, 0.6) is 11.5 Å². The summed E-state index contributed by atoms with van der Waals surface area (Å²) in [4.78, 5) is 4.83. The van der Waals surface area contributed by atoms with E-state index in [9.17, 15) is 0 Å². The molecule has 1 aliphatic rings. The fraction of sp³-hybridized carbons (Fsp3) is 0. The fourth-order valence-electron chi connectivity index (χ4n) is 10.6. The summed E-state index contributed by atoms with van der Waals surface area (Å²) >= 11 is 3.75. The first-order valence-electron chi connectivity index (χ1n) is 23.3. The van der Waals surface area contributed by atoms with Crippen molar-refractivity contribution in [1.29, 1.82) is 0 Å². The average molecular weight is 917 g/mol. The van der Waals surface area contributed by atoms with Crippen molar-refractivity contribution in [3.8, 4) is 44.9 Å². The van der Waals surface area contributed by atoms with Crippen molar-refractivity contribution in [2.45, 2.75) is 0 Å². The Morgan fingerprint density at radius 1 is 0.275 bits per heavy atom. The lowest BCUT2D eigenvalue weighted by Crippen LogP contribution is -2.12. The SMILES string of the molecule is c1ccc(-c2cccc3c2sc2c(N(c4ccccc4)c4ccc5c(c4)Oc4cccc6c(N(c7ccccc7)c7cccc8c7sc7c(-c9ccccc9)cccc78)ccc-5c46)cccc23)cc1. The molecular weight excluding hydrogens is 877 g/mol. The van der Waals surface area contributed by atoms with Crippen LogP contribution < -0.4 is 14.5 Å². The minimum absolute atomic E-state index is 0.834. The predicted molar refractivity (Wildman–Crippen MR) is 295 cm³/mol. The maximum atomic E-state index is 7.08. The van der Waals surface area contributed by atoms with Crippen LogP contribution in [0.1, 0.15) is 0 Å². The smallest absolute Gasteiger partial charge is 0.137 e. The topological polar surface area (TPSA) is 15.7 Å². The molecule has 3 heterocycles. The van der Waals surface area contributed by atoms with Gasteiger partial charge in [-0.1, -0.05) is 176 Å². The standard InChI is InChI=1S/C64H40N2OS2/c1-5-18-41(19-6-1)46-26-13-28-50-52-30-15-33-56(63(52)68-61(46)50)65(43-22-9-3-10-23-43)45-36-37-48-49-38-39-55(54-32-17-35-58(60(49)54)67-59(48)40-45)66(44-24-11-4-12-25-44)57-34-16-31-53-51-29-14-27-47(62(51)69-64(53)57)42-20-7-2-8-21-42/h1-40H. The van der Waals surface area contributed by atoms with Gasteiger partial charge in [-0.25, -0.2) is 0 Å². The van der Waals surface area contributed by atoms with Crippen molar-refractivity contribution in [1.82, 2.24) is 0 Å². The van der Waals surface area contributed by atoms with Crippen LogP contribution in [0.15, 0.2) is 243 Å². The molecule has 0 unspecified atom stereocenters. The second-order valence-electron chi connectivity index (χ2n) is 17.5. The molecule has 0 amide bonds. The second-order valence-corrected chi connectivity index (χ2v) is 19.6. The second kappa shape index (κ2) is 16.1. The number of ether oxygens (including phenoxy) is 1. The van der Waals surface area contributed by atoms with Gasteiger partial charge in [0.05, 0.1) is 26.5 Å². The number of rotatable bonds is 8. The van der Waals surface area contributed by atoms with Crippen LogP contribution in [0, 0.1) is 0 Å². The number of benzene rings is 11. The Kier molecular flexibility index (Phi) is 9.26. The first kappa shape index (κ1) is 39.7. The molecule has 69 heavy (non-hydrogen) atoms. The van der Waals surface area contributed by atoms with Gasteiger partial charge in [0.1, 0.15) is 11.5 Å². The lowest BCUT2D eigenvalue weighted by atomic mass is 9.93. The third-order valence-electron chi connectivity index (χ3n) is 13.6. The normalized spacial score (nSPS) is 11.9. The van der Waals surface area contributed by atoms with Crippen LogP contribution in [0.2, 0.25) is 0 Å². The Labute approximate surface area is 407 Å². The number of hydrogen-bond donors (Lipinski definition) is 0. The van der Waals surface area contributed by atoms with Crippen molar-refractivity contribution >= 4 is 108 Å². The number of nitrogens with zero attached hydrogens (tertiary/aromatic N) is 2. The molecule has 0 N–H and O–H groups in total. The van der Waals surface area contributed by atoms with Gasteiger partial charge >= 0.3 is 0 Å². The molecule has 0 bridgehead atoms. The maximum absolute atomic E-state index is 7.08.